The number of para-hydroxylation sites is 1. The fourth-order valence-corrected chi connectivity index (χ4v) is 1.74. The quantitative estimate of drug-likeness (QED) is 0.748. The number of urea groups is 1. The van der Waals surface area contributed by atoms with Gasteiger partial charge in [0.25, 0.3) is 0 Å². The summed E-state index contributed by atoms with van der Waals surface area (Å²) in [6, 6.07) is 5.99. The highest BCUT2D eigenvalue weighted by Crippen LogP contribution is 2.31. The van der Waals surface area contributed by atoms with E-state index in [0.717, 1.165) is 12.3 Å². The Hall–Kier alpha value is -2.04. The lowest BCUT2D eigenvalue weighted by Gasteiger charge is -2.09. The van der Waals surface area contributed by atoms with E-state index in [1.165, 1.54) is 18.9 Å². The van der Waals surface area contributed by atoms with Gasteiger partial charge in [0.15, 0.2) is 0 Å². The van der Waals surface area contributed by atoms with E-state index in [9.17, 15) is 9.59 Å². The lowest BCUT2D eigenvalue weighted by Crippen LogP contribution is -2.30. The molecular weight excluding hydrogens is 232 g/mol. The van der Waals surface area contributed by atoms with Gasteiger partial charge in [0, 0.05) is 6.54 Å². The first-order chi connectivity index (χ1) is 8.66. The lowest BCUT2D eigenvalue weighted by atomic mass is 10.2. The van der Waals surface area contributed by atoms with Crippen molar-refractivity contribution in [2.24, 2.45) is 5.92 Å². The number of carbonyl (C=O) groups excluding carboxylic acids is 1. The predicted octanol–water partition coefficient (Wildman–Crippen LogP) is 2.31. The Morgan fingerprint density at radius 2 is 2.00 bits per heavy atom. The summed E-state index contributed by atoms with van der Waals surface area (Å²) in [6.45, 7) is 0.631. The molecule has 0 aliphatic heterocycles. The zero-order chi connectivity index (χ0) is 13.0. The number of benzene rings is 1. The van der Waals surface area contributed by atoms with Gasteiger partial charge in [0.1, 0.15) is 0 Å². The number of carboxylic acid groups (broad SMARTS) is 1. The number of amides is 2. The van der Waals surface area contributed by atoms with Crippen LogP contribution in [-0.4, -0.2) is 23.7 Å². The maximum absolute atomic E-state index is 11.6. The third kappa shape index (κ3) is 3.48. The molecule has 5 heteroatoms. The van der Waals surface area contributed by atoms with Crippen LogP contribution in [0, 0.1) is 5.92 Å². The summed E-state index contributed by atoms with van der Waals surface area (Å²) < 4.78 is 0. The van der Waals surface area contributed by atoms with Crippen molar-refractivity contribution in [2.75, 3.05) is 11.9 Å². The van der Waals surface area contributed by atoms with E-state index in [2.05, 4.69) is 10.6 Å². The van der Waals surface area contributed by atoms with Crippen molar-refractivity contribution in [3.63, 3.8) is 0 Å². The van der Waals surface area contributed by atoms with Crippen molar-refractivity contribution in [1.82, 2.24) is 5.32 Å². The number of carbonyl (C=O) groups is 2. The Labute approximate surface area is 105 Å². The number of carboxylic acids is 1. The molecule has 0 atom stereocenters. The van der Waals surface area contributed by atoms with Crippen molar-refractivity contribution < 1.29 is 14.7 Å². The first kappa shape index (κ1) is 12.4. The molecule has 0 aromatic heterocycles. The second-order valence-electron chi connectivity index (χ2n) is 4.46. The second kappa shape index (κ2) is 5.53. The molecule has 2 amide bonds. The van der Waals surface area contributed by atoms with E-state index in [1.807, 2.05) is 0 Å². The largest absolute Gasteiger partial charge is 0.478 e. The average Bonchev–Trinajstić information content (AvgIpc) is 3.13. The van der Waals surface area contributed by atoms with Crippen molar-refractivity contribution in [1.29, 1.82) is 0 Å². The van der Waals surface area contributed by atoms with Crippen molar-refractivity contribution in [3.05, 3.63) is 29.8 Å². The first-order valence-electron chi connectivity index (χ1n) is 6.04. The van der Waals surface area contributed by atoms with E-state index in [0.29, 0.717) is 12.2 Å². The Morgan fingerprint density at radius 3 is 2.67 bits per heavy atom. The molecule has 3 N–H and O–H groups in total. The maximum Gasteiger partial charge on any atom is 0.337 e. The van der Waals surface area contributed by atoms with Crippen LogP contribution in [0.25, 0.3) is 0 Å². The van der Waals surface area contributed by atoms with Gasteiger partial charge in [-0.05, 0) is 24.5 Å². The minimum absolute atomic E-state index is 0.0924. The molecule has 0 saturated heterocycles. The van der Waals surface area contributed by atoms with E-state index in [-0.39, 0.29) is 11.6 Å². The standard InChI is InChI=1S/C13H16N2O3/c16-12(17)10-3-1-2-4-11(10)15-13(18)14-8-7-9-5-6-9/h1-4,9H,5-8H2,(H,16,17)(H2,14,15,18). The molecule has 5 nitrogen and oxygen atoms in total. The van der Waals surface area contributed by atoms with Gasteiger partial charge >= 0.3 is 12.0 Å². The van der Waals surface area contributed by atoms with Crippen LogP contribution in [0.3, 0.4) is 0 Å². The van der Waals surface area contributed by atoms with Crippen LogP contribution in [0.1, 0.15) is 29.6 Å². The minimum Gasteiger partial charge on any atom is -0.478 e. The average molecular weight is 248 g/mol. The molecule has 1 saturated carbocycles. The SMILES string of the molecule is O=C(NCCC1CC1)Nc1ccccc1C(=O)O. The molecule has 1 aromatic rings. The maximum atomic E-state index is 11.6. The zero-order valence-electron chi connectivity index (χ0n) is 9.98. The van der Waals surface area contributed by atoms with Gasteiger partial charge < -0.3 is 15.7 Å². The van der Waals surface area contributed by atoms with E-state index in [4.69, 9.17) is 5.11 Å². The van der Waals surface area contributed by atoms with Crippen LogP contribution in [-0.2, 0) is 0 Å². The molecule has 18 heavy (non-hydrogen) atoms. The van der Waals surface area contributed by atoms with Crippen LogP contribution in [0.5, 0.6) is 0 Å². The van der Waals surface area contributed by atoms with Crippen molar-refractivity contribution in [3.8, 4) is 0 Å². The monoisotopic (exact) mass is 248 g/mol. The molecule has 1 aliphatic rings. The molecule has 0 radical (unpaired) electrons. The summed E-state index contributed by atoms with van der Waals surface area (Å²) in [7, 11) is 0. The van der Waals surface area contributed by atoms with Gasteiger partial charge in [-0.25, -0.2) is 9.59 Å². The topological polar surface area (TPSA) is 78.4 Å². The summed E-state index contributed by atoms with van der Waals surface area (Å²) in [5.41, 5.74) is 0.406. The first-order valence-corrected chi connectivity index (χ1v) is 6.04. The van der Waals surface area contributed by atoms with Crippen LogP contribution in [0.15, 0.2) is 24.3 Å². The van der Waals surface area contributed by atoms with Crippen LogP contribution >= 0.6 is 0 Å². The number of rotatable bonds is 5. The third-order valence-electron chi connectivity index (χ3n) is 2.94. The normalized spacial score (nSPS) is 14.0. The highest BCUT2D eigenvalue weighted by molar-refractivity contribution is 5.99. The molecule has 2 rings (SSSR count). The van der Waals surface area contributed by atoms with Gasteiger partial charge in [-0.3, -0.25) is 0 Å². The Bertz CT molecular complexity index is 455. The highest BCUT2D eigenvalue weighted by atomic mass is 16.4. The second-order valence-corrected chi connectivity index (χ2v) is 4.46. The summed E-state index contributed by atoms with van der Waals surface area (Å²) in [5.74, 6) is -0.291. The summed E-state index contributed by atoms with van der Waals surface area (Å²) >= 11 is 0. The Balaban J connectivity index is 1.87. The van der Waals surface area contributed by atoms with E-state index in [1.54, 1.807) is 18.2 Å². The summed E-state index contributed by atoms with van der Waals surface area (Å²) in [6.07, 6.45) is 3.50. The number of nitrogens with one attached hydrogen (secondary N) is 2. The van der Waals surface area contributed by atoms with Crippen molar-refractivity contribution in [2.45, 2.75) is 19.3 Å². The Morgan fingerprint density at radius 1 is 1.28 bits per heavy atom. The van der Waals surface area contributed by atoms with Crippen molar-refractivity contribution >= 4 is 17.7 Å². The fraction of sp³-hybridized carbons (Fsp3) is 0.385. The predicted molar refractivity (Wildman–Crippen MR) is 67.8 cm³/mol. The fourth-order valence-electron chi connectivity index (χ4n) is 1.74. The molecule has 0 bridgehead atoms. The van der Waals surface area contributed by atoms with E-state index >= 15 is 0 Å². The number of aromatic carboxylic acids is 1. The Kier molecular flexibility index (Phi) is 3.82. The molecular formula is C13H16N2O3. The third-order valence-corrected chi connectivity index (χ3v) is 2.94. The van der Waals surface area contributed by atoms with E-state index < -0.39 is 5.97 Å². The summed E-state index contributed by atoms with van der Waals surface area (Å²) in [4.78, 5) is 22.5. The number of hydrogen-bond donors (Lipinski definition) is 3. The van der Waals surface area contributed by atoms with Crippen LogP contribution in [0.4, 0.5) is 10.5 Å². The molecule has 1 fully saturated rings. The molecule has 0 heterocycles. The van der Waals surface area contributed by atoms with Gasteiger partial charge in [0.2, 0.25) is 0 Å². The van der Waals surface area contributed by atoms with Crippen LogP contribution in [0.2, 0.25) is 0 Å². The van der Waals surface area contributed by atoms with Gasteiger partial charge in [-0.15, -0.1) is 0 Å². The zero-order valence-corrected chi connectivity index (χ0v) is 9.98. The number of anilines is 1. The van der Waals surface area contributed by atoms with Gasteiger partial charge in [0.05, 0.1) is 11.3 Å². The molecule has 96 valence electrons. The van der Waals surface area contributed by atoms with Crippen LogP contribution < -0.4 is 10.6 Å². The highest BCUT2D eigenvalue weighted by Gasteiger charge is 2.20. The summed E-state index contributed by atoms with van der Waals surface area (Å²) in [5, 5.41) is 14.2. The number of hydrogen-bond acceptors (Lipinski definition) is 2. The molecule has 1 aliphatic carbocycles. The minimum atomic E-state index is -1.05. The molecule has 1 aromatic carbocycles. The lowest BCUT2D eigenvalue weighted by molar-refractivity contribution is 0.0698. The van der Waals surface area contributed by atoms with Gasteiger partial charge in [-0.1, -0.05) is 25.0 Å². The molecule has 0 unspecified atom stereocenters. The smallest absolute Gasteiger partial charge is 0.337 e. The molecule has 0 spiro atoms. The van der Waals surface area contributed by atoms with Gasteiger partial charge in [-0.2, -0.15) is 0 Å².